The van der Waals surface area contributed by atoms with Crippen LogP contribution in [0, 0.1) is 11.3 Å². The number of anilines is 1. The van der Waals surface area contributed by atoms with E-state index >= 15 is 0 Å². The molecule has 5 aromatic rings. The maximum atomic E-state index is 13.7. The van der Waals surface area contributed by atoms with Gasteiger partial charge in [-0.05, 0) is 59.9 Å². The number of benzene rings is 3. The Bertz CT molecular complexity index is 1670. The number of para-hydroxylation sites is 2. The Labute approximate surface area is 240 Å². The van der Waals surface area contributed by atoms with Gasteiger partial charge in [0.2, 0.25) is 0 Å². The summed E-state index contributed by atoms with van der Waals surface area (Å²) in [4.78, 5) is 20.0. The van der Waals surface area contributed by atoms with Crippen LogP contribution in [0.5, 0.6) is 0 Å². The molecule has 5 heteroatoms. The number of aliphatic imine (C=N–C) groups is 1. The van der Waals surface area contributed by atoms with Crippen molar-refractivity contribution in [2.45, 2.75) is 46.6 Å². The van der Waals surface area contributed by atoms with E-state index in [1.807, 2.05) is 42.6 Å². The molecule has 0 radical (unpaired) electrons. The van der Waals surface area contributed by atoms with Crippen LogP contribution >= 0.6 is 11.3 Å². The standard InChI is InChI=1S/C35H35N3OS/c1-35(2,3)26-18-19-29-31(20-26)40-34(32(29)33(39)37-27-14-8-5-9-15-27)36-21-25-23-38(22-24-12-6-4-7-13-24)30-17-11-10-16-28(25)30/h4-17,21,23,26H,18-20,22H2,1-3H3,(H,37,39)/t26-/m1/s1. The zero-order valence-electron chi connectivity index (χ0n) is 23.4. The first kappa shape index (κ1) is 26.3. The van der Waals surface area contributed by atoms with Crippen LogP contribution in [0.15, 0.2) is 96.1 Å². The first-order chi connectivity index (χ1) is 19.4. The molecule has 1 aliphatic rings. The summed E-state index contributed by atoms with van der Waals surface area (Å²) in [6.07, 6.45) is 7.13. The molecule has 0 saturated carbocycles. The zero-order valence-corrected chi connectivity index (χ0v) is 24.2. The predicted molar refractivity (Wildman–Crippen MR) is 168 cm³/mol. The van der Waals surface area contributed by atoms with Crippen molar-refractivity contribution in [1.29, 1.82) is 0 Å². The molecular formula is C35H35N3OS. The number of rotatable bonds is 6. The van der Waals surface area contributed by atoms with Gasteiger partial charge in [-0.1, -0.05) is 87.5 Å². The van der Waals surface area contributed by atoms with Crippen LogP contribution in [-0.4, -0.2) is 16.7 Å². The van der Waals surface area contributed by atoms with Gasteiger partial charge in [0.05, 0.1) is 5.56 Å². The lowest BCUT2D eigenvalue weighted by Crippen LogP contribution is -2.27. The number of nitrogens with zero attached hydrogens (tertiary/aromatic N) is 2. The number of hydrogen-bond donors (Lipinski definition) is 1. The van der Waals surface area contributed by atoms with E-state index in [9.17, 15) is 4.79 Å². The van der Waals surface area contributed by atoms with Crippen LogP contribution in [-0.2, 0) is 19.4 Å². The Hall–Kier alpha value is -3.96. The molecule has 1 atom stereocenters. The third kappa shape index (κ3) is 5.39. The Morgan fingerprint density at radius 1 is 1.00 bits per heavy atom. The van der Waals surface area contributed by atoms with Crippen molar-refractivity contribution < 1.29 is 4.79 Å². The van der Waals surface area contributed by atoms with E-state index in [0.29, 0.717) is 5.92 Å². The van der Waals surface area contributed by atoms with Gasteiger partial charge < -0.3 is 9.88 Å². The summed E-state index contributed by atoms with van der Waals surface area (Å²) in [7, 11) is 0. The molecule has 3 aromatic carbocycles. The highest BCUT2D eigenvalue weighted by Gasteiger charge is 2.33. The van der Waals surface area contributed by atoms with E-state index in [4.69, 9.17) is 4.99 Å². The Balaban J connectivity index is 1.38. The van der Waals surface area contributed by atoms with Crippen LogP contribution < -0.4 is 5.32 Å². The number of carbonyl (C=O) groups is 1. The summed E-state index contributed by atoms with van der Waals surface area (Å²) in [6, 6.07) is 28.7. The van der Waals surface area contributed by atoms with Crippen molar-refractivity contribution >= 4 is 45.0 Å². The molecular weight excluding hydrogens is 510 g/mol. The molecule has 202 valence electrons. The SMILES string of the molecule is CC(C)(C)[C@@H]1CCc2c(sc(N=Cc3cn(Cc4ccccc4)c4ccccc34)c2C(=O)Nc2ccccc2)C1. The van der Waals surface area contributed by atoms with Crippen LogP contribution in [0.25, 0.3) is 10.9 Å². The van der Waals surface area contributed by atoms with E-state index in [-0.39, 0.29) is 11.3 Å². The quantitative estimate of drug-likeness (QED) is 0.213. The summed E-state index contributed by atoms with van der Waals surface area (Å²) in [5.74, 6) is 0.521. The minimum Gasteiger partial charge on any atom is -0.342 e. The number of aromatic nitrogens is 1. The van der Waals surface area contributed by atoms with Crippen molar-refractivity contribution in [2.24, 2.45) is 16.3 Å². The van der Waals surface area contributed by atoms with Gasteiger partial charge in [0.25, 0.3) is 5.91 Å². The van der Waals surface area contributed by atoms with Gasteiger partial charge in [0.1, 0.15) is 5.00 Å². The topological polar surface area (TPSA) is 46.4 Å². The van der Waals surface area contributed by atoms with Gasteiger partial charge in [0.15, 0.2) is 0 Å². The summed E-state index contributed by atoms with van der Waals surface area (Å²) in [5, 5.41) is 5.08. The van der Waals surface area contributed by atoms with Crippen LogP contribution in [0.3, 0.4) is 0 Å². The predicted octanol–water partition coefficient (Wildman–Crippen LogP) is 8.91. The van der Waals surface area contributed by atoms with Crippen molar-refractivity contribution in [2.75, 3.05) is 5.32 Å². The number of carbonyl (C=O) groups excluding carboxylic acids is 1. The molecule has 40 heavy (non-hydrogen) atoms. The van der Waals surface area contributed by atoms with E-state index in [1.165, 1.54) is 21.5 Å². The third-order valence-electron chi connectivity index (χ3n) is 8.07. The largest absolute Gasteiger partial charge is 0.342 e. The Kier molecular flexibility index (Phi) is 7.16. The second-order valence-corrected chi connectivity index (χ2v) is 12.9. The molecule has 1 amide bonds. The fourth-order valence-electron chi connectivity index (χ4n) is 5.77. The highest BCUT2D eigenvalue weighted by Crippen LogP contribution is 2.45. The first-order valence-corrected chi connectivity index (χ1v) is 14.9. The lowest BCUT2D eigenvalue weighted by molar-refractivity contribution is 0.102. The molecule has 0 bridgehead atoms. The van der Waals surface area contributed by atoms with Gasteiger partial charge >= 0.3 is 0 Å². The van der Waals surface area contributed by atoms with Crippen LogP contribution in [0.1, 0.15) is 59.1 Å². The lowest BCUT2D eigenvalue weighted by atomic mass is 9.72. The molecule has 0 fully saturated rings. The van der Waals surface area contributed by atoms with E-state index in [2.05, 4.69) is 85.4 Å². The molecule has 0 aliphatic heterocycles. The van der Waals surface area contributed by atoms with E-state index in [1.54, 1.807) is 11.3 Å². The first-order valence-electron chi connectivity index (χ1n) is 14.0. The van der Waals surface area contributed by atoms with Crippen molar-refractivity contribution in [3.8, 4) is 0 Å². The smallest absolute Gasteiger partial charge is 0.259 e. The Morgan fingerprint density at radius 2 is 1.70 bits per heavy atom. The number of amides is 1. The van der Waals surface area contributed by atoms with Crippen molar-refractivity contribution in [1.82, 2.24) is 4.57 Å². The number of hydrogen-bond acceptors (Lipinski definition) is 3. The van der Waals surface area contributed by atoms with Gasteiger partial charge in [-0.2, -0.15) is 0 Å². The fraction of sp³-hybridized carbons (Fsp3) is 0.257. The highest BCUT2D eigenvalue weighted by atomic mass is 32.1. The third-order valence-corrected chi connectivity index (χ3v) is 9.23. The summed E-state index contributed by atoms with van der Waals surface area (Å²) in [5.41, 5.74) is 6.44. The molecule has 0 unspecified atom stereocenters. The van der Waals surface area contributed by atoms with Crippen LogP contribution in [0.4, 0.5) is 10.7 Å². The monoisotopic (exact) mass is 545 g/mol. The number of thiophene rings is 1. The molecule has 2 heterocycles. The maximum absolute atomic E-state index is 13.7. The minimum atomic E-state index is -0.0726. The molecule has 6 rings (SSSR count). The summed E-state index contributed by atoms with van der Waals surface area (Å²) >= 11 is 1.69. The van der Waals surface area contributed by atoms with Crippen LogP contribution in [0.2, 0.25) is 0 Å². The second-order valence-electron chi connectivity index (χ2n) is 11.8. The van der Waals surface area contributed by atoms with Crippen molar-refractivity contribution in [3.63, 3.8) is 0 Å². The molecule has 1 N–H and O–H groups in total. The minimum absolute atomic E-state index is 0.0726. The van der Waals surface area contributed by atoms with Gasteiger partial charge in [-0.15, -0.1) is 11.3 Å². The van der Waals surface area contributed by atoms with E-state index < -0.39 is 0 Å². The molecule has 1 aliphatic carbocycles. The van der Waals surface area contributed by atoms with Crippen molar-refractivity contribution in [3.05, 3.63) is 118 Å². The second kappa shape index (κ2) is 10.9. The summed E-state index contributed by atoms with van der Waals surface area (Å²) in [6.45, 7) is 7.76. The lowest BCUT2D eigenvalue weighted by Gasteiger charge is -2.33. The maximum Gasteiger partial charge on any atom is 0.259 e. The number of nitrogens with one attached hydrogen (secondary N) is 1. The molecule has 4 nitrogen and oxygen atoms in total. The molecule has 0 spiro atoms. The summed E-state index contributed by atoms with van der Waals surface area (Å²) < 4.78 is 2.28. The van der Waals surface area contributed by atoms with Gasteiger partial charge in [0, 0.05) is 46.0 Å². The average Bonchev–Trinajstić information content (AvgIpc) is 3.50. The zero-order chi connectivity index (χ0) is 27.7. The highest BCUT2D eigenvalue weighted by molar-refractivity contribution is 7.16. The Morgan fingerprint density at radius 3 is 2.45 bits per heavy atom. The van der Waals surface area contributed by atoms with Gasteiger partial charge in [-0.3, -0.25) is 4.79 Å². The number of fused-ring (bicyclic) bond motifs is 2. The van der Waals surface area contributed by atoms with Gasteiger partial charge in [-0.25, -0.2) is 4.99 Å². The average molecular weight is 546 g/mol. The molecule has 0 saturated heterocycles. The molecule has 2 aromatic heterocycles. The van der Waals surface area contributed by atoms with E-state index in [0.717, 1.165) is 53.0 Å². The normalized spacial score (nSPS) is 15.4. The fourth-order valence-corrected chi connectivity index (χ4v) is 7.04.